The Bertz CT molecular complexity index is 1450. The Labute approximate surface area is 228 Å². The summed E-state index contributed by atoms with van der Waals surface area (Å²) >= 11 is 0. The van der Waals surface area contributed by atoms with Crippen LogP contribution in [0.5, 0.6) is 11.5 Å². The van der Waals surface area contributed by atoms with Gasteiger partial charge in [-0.2, -0.15) is 4.31 Å². The lowest BCUT2D eigenvalue weighted by atomic mass is 10.0. The summed E-state index contributed by atoms with van der Waals surface area (Å²) in [4.78, 5) is 14.4. The van der Waals surface area contributed by atoms with Crippen molar-refractivity contribution in [2.75, 3.05) is 33.9 Å². The first-order chi connectivity index (χ1) is 18.6. The number of sulfonamides is 1. The highest BCUT2D eigenvalue weighted by atomic mass is 32.2. The van der Waals surface area contributed by atoms with Crippen LogP contribution in [-0.4, -0.2) is 74.6 Å². The van der Waals surface area contributed by atoms with Crippen LogP contribution < -0.4 is 9.47 Å². The molecule has 1 aliphatic heterocycles. The third-order valence-electron chi connectivity index (χ3n) is 6.97. The third-order valence-corrected chi connectivity index (χ3v) is 8.99. The van der Waals surface area contributed by atoms with Gasteiger partial charge in [-0.15, -0.1) is 0 Å². The second-order valence-electron chi connectivity index (χ2n) is 9.80. The lowest BCUT2D eigenvalue weighted by molar-refractivity contribution is 0.0560. The summed E-state index contributed by atoms with van der Waals surface area (Å²) in [5.41, 5.74) is 1.46. The monoisotopic (exact) mass is 556 g/mol. The highest BCUT2D eigenvalue weighted by molar-refractivity contribution is 7.89. The second kappa shape index (κ2) is 11.7. The fraction of sp³-hybridized carbons (Fsp3) is 0.345. The van der Waals surface area contributed by atoms with Crippen LogP contribution in [0.2, 0.25) is 0 Å². The number of fused-ring (bicyclic) bond motifs is 1. The van der Waals surface area contributed by atoms with Crippen LogP contribution >= 0.6 is 0 Å². The maximum absolute atomic E-state index is 14.3. The smallest absolute Gasteiger partial charge is 0.256 e. The Kier molecular flexibility index (Phi) is 8.58. The number of nitrogens with zero attached hydrogens (tertiary/aromatic N) is 2. The molecule has 0 radical (unpaired) electrons. The number of ether oxygens (including phenoxy) is 2. The van der Waals surface area contributed by atoms with Gasteiger partial charge in [-0.3, -0.25) is 4.79 Å². The van der Waals surface area contributed by atoms with Crippen molar-refractivity contribution in [1.82, 2.24) is 9.21 Å². The quantitative estimate of drug-likeness (QED) is 0.472. The van der Waals surface area contributed by atoms with Gasteiger partial charge in [0.15, 0.2) is 0 Å². The van der Waals surface area contributed by atoms with Crippen molar-refractivity contribution < 1.29 is 32.2 Å². The van der Waals surface area contributed by atoms with Gasteiger partial charge < -0.3 is 19.5 Å². The number of rotatable bonds is 7. The predicted octanol–water partition coefficient (Wildman–Crippen LogP) is 4.04. The van der Waals surface area contributed by atoms with E-state index in [2.05, 4.69) is 0 Å². The Hall–Kier alpha value is -3.47. The summed E-state index contributed by atoms with van der Waals surface area (Å²) in [7, 11) is -0.898. The average Bonchev–Trinajstić information content (AvgIpc) is 2.94. The van der Waals surface area contributed by atoms with Gasteiger partial charge in [-0.25, -0.2) is 12.8 Å². The molecule has 3 aromatic carbocycles. The van der Waals surface area contributed by atoms with Crippen molar-refractivity contribution in [2.45, 2.75) is 30.9 Å². The van der Waals surface area contributed by atoms with Crippen LogP contribution in [0.25, 0.3) is 11.1 Å². The molecule has 8 nitrogen and oxygen atoms in total. The van der Waals surface area contributed by atoms with E-state index in [1.165, 1.54) is 33.5 Å². The summed E-state index contributed by atoms with van der Waals surface area (Å²) < 4.78 is 54.8. The fourth-order valence-corrected chi connectivity index (χ4v) is 6.44. The molecule has 0 spiro atoms. The zero-order valence-corrected chi connectivity index (χ0v) is 23.2. The van der Waals surface area contributed by atoms with Crippen molar-refractivity contribution in [3.63, 3.8) is 0 Å². The number of halogens is 1. The van der Waals surface area contributed by atoms with E-state index in [4.69, 9.17) is 9.47 Å². The zero-order chi connectivity index (χ0) is 28.3. The Morgan fingerprint density at radius 3 is 2.56 bits per heavy atom. The fourth-order valence-electron chi connectivity index (χ4n) is 4.62. The van der Waals surface area contributed by atoms with Gasteiger partial charge in [-0.1, -0.05) is 37.3 Å². The molecule has 0 saturated carbocycles. The number of aliphatic hydroxyl groups is 1. The predicted molar refractivity (Wildman–Crippen MR) is 146 cm³/mol. The third kappa shape index (κ3) is 5.93. The van der Waals surface area contributed by atoms with E-state index < -0.39 is 33.9 Å². The molecule has 1 amide bonds. The van der Waals surface area contributed by atoms with Crippen molar-refractivity contribution in [3.8, 4) is 22.6 Å². The Balaban J connectivity index is 1.76. The van der Waals surface area contributed by atoms with Gasteiger partial charge in [0.05, 0.1) is 25.8 Å². The molecular weight excluding hydrogens is 523 g/mol. The molecule has 0 fully saturated rings. The van der Waals surface area contributed by atoms with E-state index in [1.54, 1.807) is 39.3 Å². The number of hydrogen-bond donors (Lipinski definition) is 1. The topological polar surface area (TPSA) is 96.4 Å². The molecule has 0 aromatic heterocycles. The molecule has 0 unspecified atom stereocenters. The lowest BCUT2D eigenvalue weighted by Crippen LogP contribution is -2.50. The summed E-state index contributed by atoms with van der Waals surface area (Å²) in [5.74, 6) is -0.727. The van der Waals surface area contributed by atoms with Crippen molar-refractivity contribution >= 4 is 15.9 Å². The van der Waals surface area contributed by atoms with Crippen molar-refractivity contribution in [2.24, 2.45) is 5.92 Å². The van der Waals surface area contributed by atoms with Gasteiger partial charge in [0, 0.05) is 25.6 Å². The number of aliphatic hydroxyl groups excluding tert-OH is 1. The molecule has 39 heavy (non-hydrogen) atoms. The van der Waals surface area contributed by atoms with Gasteiger partial charge in [0.1, 0.15) is 28.3 Å². The second-order valence-corrected chi connectivity index (χ2v) is 11.7. The highest BCUT2D eigenvalue weighted by Gasteiger charge is 2.38. The van der Waals surface area contributed by atoms with Gasteiger partial charge in [-0.05, 0) is 54.4 Å². The molecule has 4 rings (SSSR count). The number of amides is 1. The summed E-state index contributed by atoms with van der Waals surface area (Å²) in [6, 6.07) is 17.3. The minimum atomic E-state index is -4.02. The first-order valence-corrected chi connectivity index (χ1v) is 14.1. The van der Waals surface area contributed by atoms with Gasteiger partial charge in [0.25, 0.3) is 5.91 Å². The number of hydrogen-bond acceptors (Lipinski definition) is 6. The highest BCUT2D eigenvalue weighted by Crippen LogP contribution is 2.37. The van der Waals surface area contributed by atoms with E-state index in [0.717, 1.165) is 5.56 Å². The molecule has 1 aliphatic rings. The number of methoxy groups -OCH3 is 1. The van der Waals surface area contributed by atoms with Crippen LogP contribution in [0.1, 0.15) is 24.2 Å². The Morgan fingerprint density at radius 1 is 1.15 bits per heavy atom. The van der Waals surface area contributed by atoms with E-state index in [9.17, 15) is 22.7 Å². The van der Waals surface area contributed by atoms with Crippen LogP contribution in [-0.2, 0) is 10.0 Å². The van der Waals surface area contributed by atoms with Crippen LogP contribution in [0.4, 0.5) is 4.39 Å². The van der Waals surface area contributed by atoms with E-state index >= 15 is 0 Å². The number of benzene rings is 3. The zero-order valence-electron chi connectivity index (χ0n) is 22.4. The van der Waals surface area contributed by atoms with E-state index in [0.29, 0.717) is 11.3 Å². The van der Waals surface area contributed by atoms with Gasteiger partial charge in [0.2, 0.25) is 10.0 Å². The molecular formula is C29H33FN2O6S. The molecule has 0 bridgehead atoms. The molecule has 3 atom stereocenters. The van der Waals surface area contributed by atoms with Crippen LogP contribution in [0.3, 0.4) is 0 Å². The van der Waals surface area contributed by atoms with Crippen LogP contribution in [0.15, 0.2) is 71.6 Å². The Morgan fingerprint density at radius 2 is 1.87 bits per heavy atom. The standard InChI is InChI=1S/C29H33FN2O6S/c1-19-16-32(20(2)18-33)39(35,36)28-13-12-22(21-8-7-9-23(14-21)37-4)15-26(28)38-27(19)17-31(3)29(34)24-10-5-6-11-25(24)30/h5-15,19-20,27,33H,16-18H2,1-4H3/t19-,20+,27+/m0/s1. The summed E-state index contributed by atoms with van der Waals surface area (Å²) in [6.45, 7) is 3.25. The number of carbonyl (C=O) groups is 1. The molecule has 3 aromatic rings. The maximum Gasteiger partial charge on any atom is 0.256 e. The SMILES string of the molecule is COc1cccc(-c2ccc3c(c2)O[C@H](CN(C)C(=O)c2ccccc2F)[C@@H](C)CN([C@H](C)CO)S3(=O)=O)c1. The minimum absolute atomic E-state index is 0.0329. The summed E-state index contributed by atoms with van der Waals surface area (Å²) in [5, 5.41) is 9.86. The molecule has 208 valence electrons. The largest absolute Gasteiger partial charge is 0.497 e. The molecule has 1 N–H and O–H groups in total. The van der Waals surface area contributed by atoms with Crippen molar-refractivity contribution in [3.05, 3.63) is 78.1 Å². The van der Waals surface area contributed by atoms with Crippen LogP contribution in [0, 0.1) is 11.7 Å². The number of carbonyl (C=O) groups excluding carboxylic acids is 1. The average molecular weight is 557 g/mol. The normalized spacial score (nSPS) is 19.6. The molecule has 0 aliphatic carbocycles. The molecule has 0 saturated heterocycles. The number of likely N-dealkylation sites (N-methyl/N-ethyl adjacent to an activating group) is 1. The van der Waals surface area contributed by atoms with Gasteiger partial charge >= 0.3 is 0 Å². The minimum Gasteiger partial charge on any atom is -0.497 e. The van der Waals surface area contributed by atoms with Crippen molar-refractivity contribution in [1.29, 1.82) is 0 Å². The summed E-state index contributed by atoms with van der Waals surface area (Å²) in [6.07, 6.45) is -0.631. The van der Waals surface area contributed by atoms with E-state index in [-0.39, 0.29) is 41.8 Å². The lowest BCUT2D eigenvalue weighted by Gasteiger charge is -2.37. The first kappa shape index (κ1) is 28.5. The van der Waals surface area contributed by atoms with E-state index in [1.807, 2.05) is 31.2 Å². The first-order valence-electron chi connectivity index (χ1n) is 12.6. The molecule has 1 heterocycles. The maximum atomic E-state index is 14.3. The molecule has 10 heteroatoms.